The molecule has 1 aromatic heterocycles. The van der Waals surface area contributed by atoms with Crippen molar-refractivity contribution in [3.63, 3.8) is 0 Å². The molecule has 0 bridgehead atoms. The molecule has 1 saturated heterocycles. The van der Waals surface area contributed by atoms with Crippen molar-refractivity contribution in [1.29, 1.82) is 0 Å². The molecule has 3 amide bonds. The van der Waals surface area contributed by atoms with Gasteiger partial charge in [0.1, 0.15) is 5.82 Å². The zero-order valence-corrected chi connectivity index (χ0v) is 16.9. The van der Waals surface area contributed by atoms with Crippen LogP contribution in [0.3, 0.4) is 0 Å². The fourth-order valence-corrected chi connectivity index (χ4v) is 3.40. The van der Waals surface area contributed by atoms with Gasteiger partial charge in [-0.05, 0) is 64.3 Å². The van der Waals surface area contributed by atoms with Crippen LogP contribution in [0, 0.1) is 13.8 Å². The molecule has 1 fully saturated rings. The smallest absolute Gasteiger partial charge is 0.321 e. The lowest BCUT2D eigenvalue weighted by molar-refractivity contribution is 0.0943. The van der Waals surface area contributed by atoms with Crippen LogP contribution in [0.25, 0.3) is 0 Å². The van der Waals surface area contributed by atoms with E-state index in [9.17, 15) is 9.59 Å². The van der Waals surface area contributed by atoms with E-state index in [0.29, 0.717) is 24.3 Å². The molecular formula is C20H28N6O2. The number of carbonyl (C=O) groups excluding carboxylic acids is 2. The molecule has 150 valence electrons. The second kappa shape index (κ2) is 8.41. The molecule has 1 aliphatic rings. The van der Waals surface area contributed by atoms with Crippen LogP contribution in [0.15, 0.2) is 18.2 Å². The largest absolute Gasteiger partial charge is 0.350 e. The van der Waals surface area contributed by atoms with Crippen LogP contribution >= 0.6 is 0 Å². The lowest BCUT2D eigenvalue weighted by Gasteiger charge is -2.31. The number of carbonyl (C=O) groups is 2. The van der Waals surface area contributed by atoms with Gasteiger partial charge >= 0.3 is 6.03 Å². The van der Waals surface area contributed by atoms with Crippen molar-refractivity contribution in [2.24, 2.45) is 0 Å². The zero-order valence-electron chi connectivity index (χ0n) is 16.9. The number of aryl methyl sites for hydroxylation is 2. The van der Waals surface area contributed by atoms with Crippen LogP contribution in [0.2, 0.25) is 0 Å². The molecule has 1 aromatic carbocycles. The van der Waals surface area contributed by atoms with Gasteiger partial charge in [-0.3, -0.25) is 9.89 Å². The molecular weight excluding hydrogens is 356 g/mol. The van der Waals surface area contributed by atoms with E-state index in [1.165, 1.54) is 0 Å². The molecule has 28 heavy (non-hydrogen) atoms. The monoisotopic (exact) mass is 384 g/mol. The van der Waals surface area contributed by atoms with E-state index in [1.54, 1.807) is 23.1 Å². The number of hydrogen-bond donors (Lipinski definition) is 3. The number of anilines is 1. The highest BCUT2D eigenvalue weighted by Crippen LogP contribution is 2.25. The van der Waals surface area contributed by atoms with E-state index in [2.05, 4.69) is 25.8 Å². The molecule has 0 saturated carbocycles. The minimum absolute atomic E-state index is 0.0760. The number of urea groups is 1. The van der Waals surface area contributed by atoms with Gasteiger partial charge in [0, 0.05) is 36.3 Å². The number of rotatable bonds is 4. The Bertz CT molecular complexity index is 860. The Morgan fingerprint density at radius 2 is 2.07 bits per heavy atom. The molecule has 1 aliphatic heterocycles. The van der Waals surface area contributed by atoms with Crippen LogP contribution < -0.4 is 10.6 Å². The Morgan fingerprint density at radius 1 is 1.29 bits per heavy atom. The second-order valence-electron chi connectivity index (χ2n) is 7.65. The first-order valence-electron chi connectivity index (χ1n) is 9.70. The van der Waals surface area contributed by atoms with E-state index < -0.39 is 0 Å². The van der Waals surface area contributed by atoms with Crippen LogP contribution in [0.4, 0.5) is 10.5 Å². The third-order valence-corrected chi connectivity index (χ3v) is 4.84. The molecule has 0 radical (unpaired) electrons. The first-order valence-corrected chi connectivity index (χ1v) is 9.70. The predicted molar refractivity (Wildman–Crippen MR) is 107 cm³/mol. The van der Waals surface area contributed by atoms with Gasteiger partial charge in [0.05, 0.1) is 0 Å². The molecule has 3 N–H and O–H groups in total. The maximum absolute atomic E-state index is 12.8. The maximum Gasteiger partial charge on any atom is 0.321 e. The van der Waals surface area contributed by atoms with E-state index >= 15 is 0 Å². The highest BCUT2D eigenvalue weighted by atomic mass is 16.2. The van der Waals surface area contributed by atoms with Crippen molar-refractivity contribution < 1.29 is 9.59 Å². The molecule has 3 rings (SSSR count). The summed E-state index contributed by atoms with van der Waals surface area (Å²) < 4.78 is 0. The third kappa shape index (κ3) is 4.68. The third-order valence-electron chi connectivity index (χ3n) is 4.84. The fraction of sp³-hybridized carbons (Fsp3) is 0.500. The summed E-state index contributed by atoms with van der Waals surface area (Å²) in [6.45, 7) is 8.90. The van der Waals surface area contributed by atoms with E-state index in [1.807, 2.05) is 27.7 Å². The molecule has 0 unspecified atom stereocenters. The van der Waals surface area contributed by atoms with Gasteiger partial charge < -0.3 is 15.5 Å². The number of piperidine rings is 1. The maximum atomic E-state index is 12.8. The van der Waals surface area contributed by atoms with Crippen LogP contribution in [0.5, 0.6) is 0 Å². The average molecular weight is 384 g/mol. The fourth-order valence-electron chi connectivity index (χ4n) is 3.40. The summed E-state index contributed by atoms with van der Waals surface area (Å²) in [6, 6.07) is 5.24. The lowest BCUT2D eigenvalue weighted by Crippen LogP contribution is -2.42. The van der Waals surface area contributed by atoms with Gasteiger partial charge in [-0.2, -0.15) is 5.10 Å². The van der Waals surface area contributed by atoms with Crippen molar-refractivity contribution in [2.45, 2.75) is 52.5 Å². The summed E-state index contributed by atoms with van der Waals surface area (Å²) in [5.41, 5.74) is 2.15. The number of nitrogens with one attached hydrogen (secondary N) is 3. The van der Waals surface area contributed by atoms with Gasteiger partial charge in [0.2, 0.25) is 0 Å². The summed E-state index contributed by atoms with van der Waals surface area (Å²) in [6.07, 6.45) is 1.89. The minimum atomic E-state index is -0.139. The summed E-state index contributed by atoms with van der Waals surface area (Å²) >= 11 is 0. The Balaban J connectivity index is 1.64. The van der Waals surface area contributed by atoms with Crippen LogP contribution in [-0.2, 0) is 0 Å². The number of likely N-dealkylation sites (tertiary alicyclic amines) is 1. The van der Waals surface area contributed by atoms with Crippen molar-refractivity contribution >= 4 is 17.6 Å². The van der Waals surface area contributed by atoms with Crippen LogP contribution in [0.1, 0.15) is 60.2 Å². The molecule has 0 aliphatic carbocycles. The summed E-state index contributed by atoms with van der Waals surface area (Å²) in [5, 5.41) is 13.0. The van der Waals surface area contributed by atoms with Crippen molar-refractivity contribution in [2.75, 3.05) is 18.4 Å². The first kappa shape index (κ1) is 19.9. The van der Waals surface area contributed by atoms with Crippen molar-refractivity contribution in [1.82, 2.24) is 25.4 Å². The Hall–Kier alpha value is -2.90. The number of aromatic nitrogens is 3. The molecule has 0 spiro atoms. The molecule has 2 aromatic rings. The van der Waals surface area contributed by atoms with Crippen molar-refractivity contribution in [3.05, 3.63) is 41.0 Å². The molecule has 8 nitrogen and oxygen atoms in total. The van der Waals surface area contributed by atoms with E-state index in [0.717, 1.165) is 30.1 Å². The number of nitrogens with zero attached hydrogens (tertiary/aromatic N) is 3. The molecule has 8 heteroatoms. The van der Waals surface area contributed by atoms with Gasteiger partial charge in [0.25, 0.3) is 5.91 Å². The van der Waals surface area contributed by atoms with Crippen molar-refractivity contribution in [3.8, 4) is 0 Å². The van der Waals surface area contributed by atoms with Gasteiger partial charge in [-0.15, -0.1) is 0 Å². The second-order valence-corrected chi connectivity index (χ2v) is 7.65. The normalized spacial score (nSPS) is 16.9. The number of amides is 3. The summed E-state index contributed by atoms with van der Waals surface area (Å²) in [7, 11) is 0. The minimum Gasteiger partial charge on any atom is -0.350 e. The number of H-pyrrole nitrogens is 1. The van der Waals surface area contributed by atoms with E-state index in [4.69, 9.17) is 0 Å². The topological polar surface area (TPSA) is 103 Å². The van der Waals surface area contributed by atoms with E-state index in [-0.39, 0.29) is 23.9 Å². The SMILES string of the molecule is Cc1nc([C@H]2CCCN(C(=O)Nc3ccc(C(=O)NC(C)C)cc3C)C2)n[nH]1. The van der Waals surface area contributed by atoms with Crippen LogP contribution in [-0.4, -0.2) is 51.2 Å². The summed E-state index contributed by atoms with van der Waals surface area (Å²) in [4.78, 5) is 31.1. The van der Waals surface area contributed by atoms with Gasteiger partial charge in [-0.25, -0.2) is 9.78 Å². The highest BCUT2D eigenvalue weighted by Gasteiger charge is 2.27. The summed E-state index contributed by atoms with van der Waals surface area (Å²) in [5.74, 6) is 1.59. The Kier molecular flexibility index (Phi) is 5.96. The Morgan fingerprint density at radius 3 is 2.71 bits per heavy atom. The Labute approximate surface area is 165 Å². The lowest BCUT2D eigenvalue weighted by atomic mass is 9.97. The number of benzene rings is 1. The van der Waals surface area contributed by atoms with Gasteiger partial charge in [0.15, 0.2) is 5.82 Å². The number of aromatic amines is 1. The molecule has 2 heterocycles. The standard InChI is InChI=1S/C20H28N6O2/c1-12(2)21-19(27)15-7-8-17(13(3)10-15)23-20(28)26-9-5-6-16(11-26)18-22-14(4)24-25-18/h7-8,10,12,16H,5-6,9,11H2,1-4H3,(H,21,27)(H,23,28)(H,22,24,25)/t16-/m0/s1. The highest BCUT2D eigenvalue weighted by molar-refractivity contribution is 5.96. The zero-order chi connectivity index (χ0) is 20.3. The number of hydrogen-bond acceptors (Lipinski definition) is 4. The van der Waals surface area contributed by atoms with Gasteiger partial charge in [-0.1, -0.05) is 0 Å². The molecule has 1 atom stereocenters. The first-order chi connectivity index (χ1) is 13.3. The predicted octanol–water partition coefficient (Wildman–Crippen LogP) is 2.97. The average Bonchev–Trinajstić information content (AvgIpc) is 3.09. The quantitative estimate of drug-likeness (QED) is 0.754.